The van der Waals surface area contributed by atoms with Gasteiger partial charge in [0, 0.05) is 18.1 Å². The van der Waals surface area contributed by atoms with Crippen molar-refractivity contribution in [1.29, 1.82) is 0 Å². The molecule has 4 N–H and O–H groups in total. The van der Waals surface area contributed by atoms with Crippen LogP contribution in [0.15, 0.2) is 18.2 Å². The number of halogens is 1. The molecule has 1 aromatic rings. The molecule has 5 heteroatoms. The Morgan fingerprint density at radius 1 is 1.26 bits per heavy atom. The summed E-state index contributed by atoms with van der Waals surface area (Å²) in [5.41, 5.74) is 12.0. The number of fused-ring (bicyclic) bond motifs is 2. The maximum atomic E-state index is 13.9. The van der Waals surface area contributed by atoms with Crippen molar-refractivity contribution in [3.8, 4) is 0 Å². The number of primary amides is 1. The summed E-state index contributed by atoms with van der Waals surface area (Å²) in [6.07, 6.45) is 3.89. The number of piperidine rings is 1. The molecule has 0 aromatic heterocycles. The minimum Gasteiger partial charge on any atom is -0.365 e. The van der Waals surface area contributed by atoms with Crippen molar-refractivity contribution in [3.63, 3.8) is 0 Å². The molecule has 2 fully saturated rings. The number of rotatable bonds is 2. The first kappa shape index (κ1) is 12.4. The van der Waals surface area contributed by atoms with E-state index in [1.54, 1.807) is 12.1 Å². The first-order valence-electron chi connectivity index (χ1n) is 6.70. The lowest BCUT2D eigenvalue weighted by atomic mass is 9.96. The number of carbonyl (C=O) groups is 1. The van der Waals surface area contributed by atoms with Crippen LogP contribution in [0, 0.1) is 5.82 Å². The fourth-order valence-corrected chi connectivity index (χ4v) is 3.58. The minimum atomic E-state index is -0.706. The predicted molar refractivity (Wildman–Crippen MR) is 71.4 cm³/mol. The first-order chi connectivity index (χ1) is 9.08. The summed E-state index contributed by atoms with van der Waals surface area (Å²) in [6.45, 7) is 0. The summed E-state index contributed by atoms with van der Waals surface area (Å²) in [6, 6.07) is 5.50. The molecule has 2 bridgehead atoms. The first-order valence-corrected chi connectivity index (χ1v) is 6.70. The van der Waals surface area contributed by atoms with Crippen LogP contribution in [0.4, 0.5) is 10.1 Å². The third-order valence-corrected chi connectivity index (χ3v) is 4.29. The summed E-state index contributed by atoms with van der Waals surface area (Å²) in [5.74, 6) is -1.25. The Labute approximate surface area is 111 Å². The van der Waals surface area contributed by atoms with Gasteiger partial charge in [0.25, 0.3) is 5.91 Å². The third-order valence-electron chi connectivity index (χ3n) is 4.29. The van der Waals surface area contributed by atoms with Crippen molar-refractivity contribution < 1.29 is 9.18 Å². The molecule has 4 nitrogen and oxygen atoms in total. The van der Waals surface area contributed by atoms with Gasteiger partial charge in [-0.15, -0.1) is 0 Å². The van der Waals surface area contributed by atoms with Crippen molar-refractivity contribution in [2.24, 2.45) is 11.5 Å². The largest absolute Gasteiger partial charge is 0.365 e. The van der Waals surface area contributed by atoms with Crippen LogP contribution in [0.2, 0.25) is 0 Å². The highest BCUT2D eigenvalue weighted by Gasteiger charge is 2.41. The van der Waals surface area contributed by atoms with E-state index in [1.807, 2.05) is 0 Å². The standard InChI is InChI=1S/C14H18FN3O/c15-11-2-1-3-12(13(11)14(17)19)18-9-4-5-10(18)7-8(16)6-9/h1-3,8-10H,4-7,16H2,(H2,17,19). The molecule has 0 spiro atoms. The van der Waals surface area contributed by atoms with Crippen molar-refractivity contribution in [2.45, 2.75) is 43.8 Å². The summed E-state index contributed by atoms with van der Waals surface area (Å²) in [7, 11) is 0. The highest BCUT2D eigenvalue weighted by Crippen LogP contribution is 2.40. The molecule has 2 heterocycles. The van der Waals surface area contributed by atoms with Gasteiger partial charge < -0.3 is 16.4 Å². The van der Waals surface area contributed by atoms with Crippen molar-refractivity contribution in [1.82, 2.24) is 0 Å². The van der Waals surface area contributed by atoms with Gasteiger partial charge in [-0.1, -0.05) is 6.07 Å². The van der Waals surface area contributed by atoms with E-state index in [-0.39, 0.29) is 11.6 Å². The minimum absolute atomic E-state index is 0.00914. The number of benzene rings is 1. The van der Waals surface area contributed by atoms with Crippen LogP contribution in [-0.2, 0) is 0 Å². The highest BCUT2D eigenvalue weighted by molar-refractivity contribution is 5.99. The molecule has 2 aliphatic rings. The second-order valence-corrected chi connectivity index (χ2v) is 5.52. The molecule has 2 aliphatic heterocycles. The lowest BCUT2D eigenvalue weighted by Crippen LogP contribution is -2.48. The van der Waals surface area contributed by atoms with Gasteiger partial charge in [-0.05, 0) is 37.8 Å². The average molecular weight is 263 g/mol. The van der Waals surface area contributed by atoms with Gasteiger partial charge in [-0.25, -0.2) is 4.39 Å². The monoisotopic (exact) mass is 263 g/mol. The molecule has 0 aliphatic carbocycles. The maximum Gasteiger partial charge on any atom is 0.253 e. The van der Waals surface area contributed by atoms with Gasteiger partial charge in [-0.2, -0.15) is 0 Å². The van der Waals surface area contributed by atoms with E-state index in [0.29, 0.717) is 17.8 Å². The van der Waals surface area contributed by atoms with Crippen LogP contribution < -0.4 is 16.4 Å². The Hall–Kier alpha value is -1.62. The van der Waals surface area contributed by atoms with Crippen LogP contribution >= 0.6 is 0 Å². The second-order valence-electron chi connectivity index (χ2n) is 5.52. The molecular formula is C14H18FN3O. The number of anilines is 1. The lowest BCUT2D eigenvalue weighted by molar-refractivity contribution is 0.0997. The van der Waals surface area contributed by atoms with E-state index in [2.05, 4.69) is 4.90 Å². The van der Waals surface area contributed by atoms with Crippen LogP contribution in [-0.4, -0.2) is 24.0 Å². The van der Waals surface area contributed by atoms with Gasteiger partial charge in [0.2, 0.25) is 0 Å². The Morgan fingerprint density at radius 3 is 2.47 bits per heavy atom. The van der Waals surface area contributed by atoms with E-state index in [9.17, 15) is 9.18 Å². The molecule has 0 saturated carbocycles. The molecule has 19 heavy (non-hydrogen) atoms. The summed E-state index contributed by atoms with van der Waals surface area (Å²) < 4.78 is 13.9. The molecule has 102 valence electrons. The molecule has 2 atom stereocenters. The van der Waals surface area contributed by atoms with Gasteiger partial charge in [-0.3, -0.25) is 4.79 Å². The Morgan fingerprint density at radius 2 is 1.89 bits per heavy atom. The van der Waals surface area contributed by atoms with Crippen LogP contribution in [0.3, 0.4) is 0 Å². The zero-order valence-corrected chi connectivity index (χ0v) is 10.7. The van der Waals surface area contributed by atoms with Crippen LogP contribution in [0.25, 0.3) is 0 Å². The molecule has 1 aromatic carbocycles. The van der Waals surface area contributed by atoms with Crippen LogP contribution in [0.1, 0.15) is 36.0 Å². The quantitative estimate of drug-likeness (QED) is 0.846. The van der Waals surface area contributed by atoms with E-state index in [4.69, 9.17) is 11.5 Å². The lowest BCUT2D eigenvalue weighted by Gasteiger charge is -2.40. The maximum absolute atomic E-state index is 13.9. The molecule has 3 rings (SSSR count). The van der Waals surface area contributed by atoms with E-state index in [1.165, 1.54) is 6.07 Å². The van der Waals surface area contributed by atoms with Crippen molar-refractivity contribution >= 4 is 11.6 Å². The molecule has 2 saturated heterocycles. The Balaban J connectivity index is 2.04. The van der Waals surface area contributed by atoms with Gasteiger partial charge >= 0.3 is 0 Å². The topological polar surface area (TPSA) is 72.4 Å². The zero-order chi connectivity index (χ0) is 13.6. The van der Waals surface area contributed by atoms with Crippen molar-refractivity contribution in [3.05, 3.63) is 29.6 Å². The summed E-state index contributed by atoms with van der Waals surface area (Å²) in [5, 5.41) is 0. The summed E-state index contributed by atoms with van der Waals surface area (Å²) >= 11 is 0. The number of nitrogens with zero attached hydrogens (tertiary/aromatic N) is 1. The molecular weight excluding hydrogens is 245 g/mol. The molecule has 1 amide bonds. The van der Waals surface area contributed by atoms with E-state index in [0.717, 1.165) is 25.7 Å². The molecule has 2 unspecified atom stereocenters. The zero-order valence-electron chi connectivity index (χ0n) is 10.7. The molecule has 0 radical (unpaired) electrons. The Kier molecular flexibility index (Phi) is 2.93. The number of nitrogens with two attached hydrogens (primary N) is 2. The van der Waals surface area contributed by atoms with Gasteiger partial charge in [0.05, 0.1) is 11.3 Å². The number of amides is 1. The van der Waals surface area contributed by atoms with Gasteiger partial charge in [0.15, 0.2) is 0 Å². The van der Waals surface area contributed by atoms with E-state index < -0.39 is 11.7 Å². The second kappa shape index (κ2) is 4.49. The van der Waals surface area contributed by atoms with Crippen LogP contribution in [0.5, 0.6) is 0 Å². The predicted octanol–water partition coefficient (Wildman–Crippen LogP) is 1.38. The third kappa shape index (κ3) is 1.98. The number of hydrogen-bond acceptors (Lipinski definition) is 3. The number of carbonyl (C=O) groups excluding carboxylic acids is 1. The normalized spacial score (nSPS) is 29.6. The fourth-order valence-electron chi connectivity index (χ4n) is 3.58. The SMILES string of the molecule is NC(=O)c1c(F)cccc1N1C2CCC1CC(N)C2. The van der Waals surface area contributed by atoms with Crippen molar-refractivity contribution in [2.75, 3.05) is 4.90 Å². The number of hydrogen-bond donors (Lipinski definition) is 2. The highest BCUT2D eigenvalue weighted by atomic mass is 19.1. The Bertz CT molecular complexity index is 505. The van der Waals surface area contributed by atoms with E-state index >= 15 is 0 Å². The smallest absolute Gasteiger partial charge is 0.253 e. The summed E-state index contributed by atoms with van der Waals surface area (Å²) in [4.78, 5) is 13.7. The van der Waals surface area contributed by atoms with Gasteiger partial charge in [0.1, 0.15) is 5.82 Å². The average Bonchev–Trinajstić information content (AvgIpc) is 2.60. The fraction of sp³-hybridized carbons (Fsp3) is 0.500.